The summed E-state index contributed by atoms with van der Waals surface area (Å²) in [5.74, 6) is 1.19. The number of hydrogen-bond donors (Lipinski definition) is 1. The Kier molecular flexibility index (Phi) is 6.55. The van der Waals surface area contributed by atoms with Crippen molar-refractivity contribution in [3.05, 3.63) is 70.9 Å². The fraction of sp³-hybridized carbons (Fsp3) is 0.227. The zero-order valence-corrected chi connectivity index (χ0v) is 18.2. The minimum Gasteiger partial charge on any atom is -0.439 e. The largest absolute Gasteiger partial charge is 0.439 e. The maximum atomic E-state index is 12.9. The van der Waals surface area contributed by atoms with E-state index in [2.05, 4.69) is 30.2 Å². The monoisotopic (exact) mass is 474 g/mol. The Bertz CT molecular complexity index is 1270. The molecule has 0 aliphatic heterocycles. The number of aryl methyl sites for hydroxylation is 1. The minimum absolute atomic E-state index is 0.162. The van der Waals surface area contributed by atoms with Crippen molar-refractivity contribution in [2.45, 2.75) is 25.9 Å². The number of benzene rings is 1. The number of halogens is 4. The molecular weight excluding hydrogens is 457 g/mol. The lowest BCUT2D eigenvalue weighted by Crippen LogP contribution is -2.08. The summed E-state index contributed by atoms with van der Waals surface area (Å²) in [6.45, 7) is 2.32. The molecular formula is C22H18ClF3N6O. The lowest BCUT2D eigenvalue weighted by Gasteiger charge is -2.13. The first-order valence-corrected chi connectivity index (χ1v) is 10.4. The Morgan fingerprint density at radius 2 is 1.82 bits per heavy atom. The quantitative estimate of drug-likeness (QED) is 0.378. The fourth-order valence-corrected chi connectivity index (χ4v) is 3.24. The highest BCUT2D eigenvalue weighted by Gasteiger charge is 2.31. The minimum atomic E-state index is -4.44. The van der Waals surface area contributed by atoms with Gasteiger partial charge in [0.05, 0.1) is 11.8 Å². The van der Waals surface area contributed by atoms with E-state index in [9.17, 15) is 13.2 Å². The van der Waals surface area contributed by atoms with Crippen LogP contribution in [0.15, 0.2) is 49.1 Å². The predicted molar refractivity (Wildman–Crippen MR) is 117 cm³/mol. The normalized spacial score (nSPS) is 11.5. The van der Waals surface area contributed by atoms with Crippen molar-refractivity contribution in [2.75, 3.05) is 11.9 Å². The smallest absolute Gasteiger partial charge is 0.417 e. The molecule has 0 aliphatic carbocycles. The van der Waals surface area contributed by atoms with Gasteiger partial charge in [0.25, 0.3) is 0 Å². The number of nitrogens with one attached hydrogen (secondary N) is 1. The van der Waals surface area contributed by atoms with E-state index >= 15 is 0 Å². The fourth-order valence-electron chi connectivity index (χ4n) is 3.11. The van der Waals surface area contributed by atoms with Gasteiger partial charge < -0.3 is 10.1 Å². The van der Waals surface area contributed by atoms with Crippen LogP contribution in [0, 0.1) is 0 Å². The molecule has 1 N–H and O–H groups in total. The lowest BCUT2D eigenvalue weighted by atomic mass is 10.1. The standard InChI is InChI=1S/C22H18ClF3N6O/c1-2-14-9-15(22(24,25)26)10-29-21(14)33-16-5-3-13(4-6-16)7-8-27-19-18-20(31-12-30-19)28-11-17(23)32-18/h3-6,9-12H,2,7-8H2,1H3,(H,27,28,30,31). The molecule has 4 aromatic rings. The highest BCUT2D eigenvalue weighted by atomic mass is 35.5. The van der Waals surface area contributed by atoms with Crippen molar-refractivity contribution < 1.29 is 17.9 Å². The molecule has 0 bridgehead atoms. The first-order valence-electron chi connectivity index (χ1n) is 10.0. The molecule has 0 spiro atoms. The summed E-state index contributed by atoms with van der Waals surface area (Å²) in [7, 11) is 0. The molecule has 11 heteroatoms. The summed E-state index contributed by atoms with van der Waals surface area (Å²) in [5, 5.41) is 3.46. The summed E-state index contributed by atoms with van der Waals surface area (Å²) < 4.78 is 44.4. The molecule has 1 aromatic carbocycles. The number of anilines is 1. The predicted octanol–water partition coefficient (Wildman–Crippen LogP) is 5.50. The van der Waals surface area contributed by atoms with Crippen LogP contribution in [0.4, 0.5) is 19.0 Å². The molecule has 0 atom stereocenters. The molecule has 0 fully saturated rings. The van der Waals surface area contributed by atoms with E-state index in [1.54, 1.807) is 19.1 Å². The topological polar surface area (TPSA) is 85.7 Å². The highest BCUT2D eigenvalue weighted by Crippen LogP contribution is 2.32. The zero-order valence-electron chi connectivity index (χ0n) is 17.4. The molecule has 0 saturated heterocycles. The molecule has 170 valence electrons. The number of hydrogen-bond acceptors (Lipinski definition) is 7. The van der Waals surface area contributed by atoms with E-state index in [4.69, 9.17) is 16.3 Å². The van der Waals surface area contributed by atoms with Crippen LogP contribution >= 0.6 is 11.6 Å². The van der Waals surface area contributed by atoms with Gasteiger partial charge in [-0.05, 0) is 36.6 Å². The molecule has 0 aliphatic rings. The molecule has 33 heavy (non-hydrogen) atoms. The Labute approximate surface area is 192 Å². The second-order valence-electron chi connectivity index (χ2n) is 7.05. The Morgan fingerprint density at radius 1 is 1.03 bits per heavy atom. The summed E-state index contributed by atoms with van der Waals surface area (Å²) in [6.07, 6.45) is 0.208. The molecule has 0 amide bonds. The van der Waals surface area contributed by atoms with Gasteiger partial charge in [-0.2, -0.15) is 13.2 Å². The third-order valence-corrected chi connectivity index (χ3v) is 4.97. The van der Waals surface area contributed by atoms with Crippen LogP contribution in [-0.2, 0) is 19.0 Å². The number of alkyl halides is 3. The van der Waals surface area contributed by atoms with Gasteiger partial charge in [0.2, 0.25) is 5.88 Å². The van der Waals surface area contributed by atoms with Crippen molar-refractivity contribution in [1.82, 2.24) is 24.9 Å². The Balaban J connectivity index is 1.39. The third kappa shape index (κ3) is 5.46. The van der Waals surface area contributed by atoms with E-state index in [1.807, 2.05) is 12.1 Å². The average molecular weight is 475 g/mol. The highest BCUT2D eigenvalue weighted by molar-refractivity contribution is 6.29. The summed E-state index contributed by atoms with van der Waals surface area (Å²) >= 11 is 5.92. The van der Waals surface area contributed by atoms with Gasteiger partial charge in [0.15, 0.2) is 17.0 Å². The zero-order chi connectivity index (χ0) is 23.4. The molecule has 0 radical (unpaired) electrons. The van der Waals surface area contributed by atoms with Crippen molar-refractivity contribution in [3.63, 3.8) is 0 Å². The van der Waals surface area contributed by atoms with Crippen LogP contribution < -0.4 is 10.1 Å². The van der Waals surface area contributed by atoms with Gasteiger partial charge in [0, 0.05) is 18.3 Å². The maximum Gasteiger partial charge on any atom is 0.417 e. The van der Waals surface area contributed by atoms with Gasteiger partial charge in [-0.25, -0.2) is 24.9 Å². The van der Waals surface area contributed by atoms with Crippen molar-refractivity contribution in [2.24, 2.45) is 0 Å². The Hall–Kier alpha value is -3.53. The van der Waals surface area contributed by atoms with Crippen LogP contribution in [0.1, 0.15) is 23.6 Å². The molecule has 0 saturated carbocycles. The van der Waals surface area contributed by atoms with Crippen molar-refractivity contribution in [1.29, 1.82) is 0 Å². The van der Waals surface area contributed by atoms with Gasteiger partial charge in [-0.15, -0.1) is 0 Å². The van der Waals surface area contributed by atoms with E-state index < -0.39 is 11.7 Å². The summed E-state index contributed by atoms with van der Waals surface area (Å²) in [4.78, 5) is 20.5. The first kappa shape index (κ1) is 22.7. The number of pyridine rings is 1. The third-order valence-electron chi connectivity index (χ3n) is 4.79. The number of aromatic nitrogens is 5. The molecule has 3 heterocycles. The number of nitrogens with zero attached hydrogens (tertiary/aromatic N) is 5. The van der Waals surface area contributed by atoms with Crippen LogP contribution in [0.5, 0.6) is 11.6 Å². The summed E-state index contributed by atoms with van der Waals surface area (Å²) in [5.41, 5.74) is 1.55. The summed E-state index contributed by atoms with van der Waals surface area (Å²) in [6, 6.07) is 8.32. The van der Waals surface area contributed by atoms with Gasteiger partial charge in [0.1, 0.15) is 17.2 Å². The first-order chi connectivity index (χ1) is 15.8. The molecule has 3 aromatic heterocycles. The molecule has 7 nitrogen and oxygen atoms in total. The number of fused-ring (bicyclic) bond motifs is 1. The number of rotatable bonds is 7. The van der Waals surface area contributed by atoms with Crippen LogP contribution in [-0.4, -0.2) is 31.5 Å². The van der Waals surface area contributed by atoms with Gasteiger partial charge in [-0.3, -0.25) is 0 Å². The SMILES string of the molecule is CCc1cc(C(F)(F)F)cnc1Oc1ccc(CCNc2ncnc3ncc(Cl)nc23)cc1. The van der Waals surface area contributed by atoms with Gasteiger partial charge in [-0.1, -0.05) is 30.7 Å². The van der Waals surface area contributed by atoms with Gasteiger partial charge >= 0.3 is 6.18 Å². The molecule has 4 rings (SSSR count). The van der Waals surface area contributed by atoms with Crippen LogP contribution in [0.25, 0.3) is 11.2 Å². The lowest BCUT2D eigenvalue weighted by molar-refractivity contribution is -0.137. The second kappa shape index (κ2) is 9.53. The van der Waals surface area contributed by atoms with Crippen LogP contribution in [0.2, 0.25) is 5.15 Å². The Morgan fingerprint density at radius 3 is 2.55 bits per heavy atom. The molecule has 0 unspecified atom stereocenters. The van der Waals surface area contributed by atoms with E-state index in [-0.39, 0.29) is 11.0 Å². The number of ether oxygens (including phenoxy) is 1. The van der Waals surface area contributed by atoms with Crippen molar-refractivity contribution >= 4 is 28.6 Å². The van der Waals surface area contributed by atoms with Crippen LogP contribution in [0.3, 0.4) is 0 Å². The van der Waals surface area contributed by atoms with Crippen molar-refractivity contribution in [3.8, 4) is 11.6 Å². The van der Waals surface area contributed by atoms with E-state index in [0.717, 1.165) is 17.8 Å². The average Bonchev–Trinajstić information content (AvgIpc) is 2.80. The maximum absolute atomic E-state index is 12.9. The van der Waals surface area contributed by atoms with E-state index in [1.165, 1.54) is 12.5 Å². The second-order valence-corrected chi connectivity index (χ2v) is 7.44. The van der Waals surface area contributed by atoms with E-state index in [0.29, 0.717) is 47.7 Å².